The van der Waals surface area contributed by atoms with Crippen LogP contribution in [0.3, 0.4) is 0 Å². The monoisotopic (exact) mass is 1080 g/mol. The van der Waals surface area contributed by atoms with Crippen molar-refractivity contribution < 1.29 is 28.6 Å². The highest BCUT2D eigenvalue weighted by atomic mass is 16.6. The number of rotatable bonds is 56. The lowest BCUT2D eigenvalue weighted by molar-refractivity contribution is -0.167. The molecule has 0 aromatic carbocycles. The Morgan fingerprint density at radius 1 is 0.269 bits per heavy atom. The van der Waals surface area contributed by atoms with Gasteiger partial charge in [0.05, 0.1) is 0 Å². The Hall–Kier alpha value is -4.71. The molecule has 0 aromatic rings. The first-order valence-corrected chi connectivity index (χ1v) is 31.8. The maximum absolute atomic E-state index is 12.9. The molecule has 6 heteroatoms. The number of ether oxygens (including phenoxy) is 3. The Morgan fingerprint density at radius 2 is 0.500 bits per heavy atom. The second-order valence-electron chi connectivity index (χ2n) is 20.6. The van der Waals surface area contributed by atoms with Crippen molar-refractivity contribution in [3.05, 3.63) is 146 Å². The highest BCUT2D eigenvalue weighted by molar-refractivity contribution is 5.71. The molecule has 0 aromatic heterocycles. The van der Waals surface area contributed by atoms with Gasteiger partial charge in [0.2, 0.25) is 0 Å². The zero-order valence-electron chi connectivity index (χ0n) is 50.4. The van der Waals surface area contributed by atoms with Crippen LogP contribution in [-0.4, -0.2) is 37.2 Å². The van der Waals surface area contributed by atoms with Crippen LogP contribution in [0.15, 0.2) is 146 Å². The topological polar surface area (TPSA) is 78.9 Å². The van der Waals surface area contributed by atoms with E-state index in [1.807, 2.05) is 0 Å². The Labute approximate surface area is 480 Å². The van der Waals surface area contributed by atoms with E-state index < -0.39 is 6.10 Å². The van der Waals surface area contributed by atoms with E-state index in [4.69, 9.17) is 14.2 Å². The van der Waals surface area contributed by atoms with Gasteiger partial charge in [-0.05, 0) is 122 Å². The molecule has 0 bridgehead atoms. The van der Waals surface area contributed by atoms with Crippen molar-refractivity contribution in [2.24, 2.45) is 0 Å². The maximum Gasteiger partial charge on any atom is 0.306 e. The summed E-state index contributed by atoms with van der Waals surface area (Å²) in [5.41, 5.74) is 0. The van der Waals surface area contributed by atoms with Gasteiger partial charge < -0.3 is 14.2 Å². The summed E-state index contributed by atoms with van der Waals surface area (Å²) in [4.78, 5) is 38.2. The Balaban J connectivity index is 4.30. The number of allylic oxidation sites excluding steroid dienone is 24. The fourth-order valence-corrected chi connectivity index (χ4v) is 8.39. The molecule has 0 radical (unpaired) electrons. The standard InChI is InChI=1S/C72H116O6/c1-4-7-10-13-16-19-22-24-26-28-30-31-32-33-34-35-36-37-38-39-40-41-43-44-46-48-50-53-56-59-62-65-71(74)77-68-69(67-76-70(73)64-61-58-55-52-21-18-15-12-9-6-3)78-72(75)66-63-60-57-54-51-49-47-45-42-29-27-25-23-20-17-14-11-8-5-2/h7-8,10-11,16-17,19-20,24-27,30-31,33-34,36-37,39-40,42,45,49,51,69H,4-6,9,12-15,18,21-23,28-29,32,35,38,41,43-44,46-48,50,52-68H2,1-3H3/b10-7-,11-8-,19-16-,20-17-,26-24-,27-25-,31-30-,34-33-,37-36-,40-39-,45-42-,51-49-. The predicted octanol–water partition coefficient (Wildman–Crippen LogP) is 21.9. The summed E-state index contributed by atoms with van der Waals surface area (Å²) in [6.45, 7) is 6.37. The lowest BCUT2D eigenvalue weighted by Crippen LogP contribution is -2.30. The molecule has 440 valence electrons. The van der Waals surface area contributed by atoms with Crippen molar-refractivity contribution in [3.8, 4) is 0 Å². The number of carbonyl (C=O) groups is 3. The Kier molecular flexibility index (Phi) is 60.9. The molecule has 1 unspecified atom stereocenters. The van der Waals surface area contributed by atoms with Crippen molar-refractivity contribution >= 4 is 17.9 Å². The largest absolute Gasteiger partial charge is 0.462 e. The van der Waals surface area contributed by atoms with Gasteiger partial charge in [-0.2, -0.15) is 0 Å². The van der Waals surface area contributed by atoms with Crippen LogP contribution in [0, 0.1) is 0 Å². The van der Waals surface area contributed by atoms with Gasteiger partial charge in [-0.1, -0.05) is 276 Å². The molecule has 0 aliphatic heterocycles. The minimum Gasteiger partial charge on any atom is -0.462 e. The average molecular weight is 1080 g/mol. The van der Waals surface area contributed by atoms with Gasteiger partial charge in [-0.25, -0.2) is 0 Å². The third-order valence-corrected chi connectivity index (χ3v) is 13.1. The highest BCUT2D eigenvalue weighted by Crippen LogP contribution is 2.15. The molecule has 0 rings (SSSR count). The molecule has 0 amide bonds. The normalized spacial score (nSPS) is 13.1. The van der Waals surface area contributed by atoms with Crippen LogP contribution in [0.25, 0.3) is 0 Å². The molecule has 0 saturated heterocycles. The summed E-state index contributed by atoms with van der Waals surface area (Å²) in [5, 5.41) is 0. The van der Waals surface area contributed by atoms with Crippen molar-refractivity contribution in [2.45, 2.75) is 277 Å². The van der Waals surface area contributed by atoms with E-state index in [0.717, 1.165) is 148 Å². The zero-order chi connectivity index (χ0) is 56.4. The van der Waals surface area contributed by atoms with E-state index >= 15 is 0 Å². The van der Waals surface area contributed by atoms with E-state index in [1.165, 1.54) is 83.5 Å². The third kappa shape index (κ3) is 62.1. The molecule has 1 atom stereocenters. The van der Waals surface area contributed by atoms with Gasteiger partial charge in [0.1, 0.15) is 13.2 Å². The van der Waals surface area contributed by atoms with Crippen molar-refractivity contribution in [2.75, 3.05) is 13.2 Å². The van der Waals surface area contributed by atoms with Crippen LogP contribution in [0.2, 0.25) is 0 Å². The molecule has 0 spiro atoms. The summed E-state index contributed by atoms with van der Waals surface area (Å²) < 4.78 is 16.8. The molecule has 0 saturated carbocycles. The van der Waals surface area contributed by atoms with E-state index in [0.29, 0.717) is 12.8 Å². The maximum atomic E-state index is 12.9. The second kappa shape index (κ2) is 64.8. The van der Waals surface area contributed by atoms with Gasteiger partial charge >= 0.3 is 17.9 Å². The molecule has 0 aliphatic carbocycles. The van der Waals surface area contributed by atoms with Crippen LogP contribution in [-0.2, 0) is 28.6 Å². The van der Waals surface area contributed by atoms with Gasteiger partial charge in [0.25, 0.3) is 0 Å². The number of hydrogen-bond donors (Lipinski definition) is 0. The molecule has 78 heavy (non-hydrogen) atoms. The van der Waals surface area contributed by atoms with Crippen LogP contribution in [0.4, 0.5) is 0 Å². The zero-order valence-corrected chi connectivity index (χ0v) is 50.4. The van der Waals surface area contributed by atoms with E-state index in [1.54, 1.807) is 0 Å². The van der Waals surface area contributed by atoms with Gasteiger partial charge in [-0.3, -0.25) is 14.4 Å². The van der Waals surface area contributed by atoms with E-state index in [9.17, 15) is 14.4 Å². The summed E-state index contributed by atoms with van der Waals surface area (Å²) in [5.74, 6) is -0.937. The van der Waals surface area contributed by atoms with Gasteiger partial charge in [0, 0.05) is 19.3 Å². The Morgan fingerprint density at radius 3 is 0.795 bits per heavy atom. The van der Waals surface area contributed by atoms with E-state index in [2.05, 4.69) is 167 Å². The van der Waals surface area contributed by atoms with Crippen molar-refractivity contribution in [3.63, 3.8) is 0 Å². The minimum absolute atomic E-state index is 0.0958. The molecule has 0 fully saturated rings. The molecule has 0 N–H and O–H groups in total. The smallest absolute Gasteiger partial charge is 0.306 e. The molecule has 6 nitrogen and oxygen atoms in total. The first kappa shape index (κ1) is 73.3. The van der Waals surface area contributed by atoms with Crippen LogP contribution < -0.4 is 0 Å². The first-order valence-electron chi connectivity index (χ1n) is 31.8. The molecule has 0 aliphatic rings. The number of hydrogen-bond acceptors (Lipinski definition) is 6. The molecular formula is C72H116O6. The van der Waals surface area contributed by atoms with E-state index in [-0.39, 0.29) is 37.5 Å². The lowest BCUT2D eigenvalue weighted by Gasteiger charge is -2.18. The van der Waals surface area contributed by atoms with Gasteiger partial charge in [0.15, 0.2) is 6.10 Å². The third-order valence-electron chi connectivity index (χ3n) is 13.1. The number of esters is 3. The summed E-state index contributed by atoms with van der Waals surface area (Å²) in [7, 11) is 0. The summed E-state index contributed by atoms with van der Waals surface area (Å²) in [6, 6.07) is 0. The molecule has 0 heterocycles. The fourth-order valence-electron chi connectivity index (χ4n) is 8.39. The summed E-state index contributed by atoms with van der Waals surface area (Å²) in [6.07, 6.45) is 92.9. The molecular weight excluding hydrogens is 961 g/mol. The minimum atomic E-state index is -0.802. The SMILES string of the molecule is CC/C=C\C/C=C\C/C=C\C/C=C\C/C=C\C/C=C\C/C=C\CCCCCCCCCCCC(=O)OCC(COC(=O)CCCCCCCCCCCC)OC(=O)CCCCC/C=C\C/C=C\C/C=C\C/C=C\C/C=C\CC. The van der Waals surface area contributed by atoms with Crippen LogP contribution in [0.1, 0.15) is 271 Å². The van der Waals surface area contributed by atoms with Crippen LogP contribution >= 0.6 is 0 Å². The summed E-state index contributed by atoms with van der Waals surface area (Å²) >= 11 is 0. The fraction of sp³-hybridized carbons (Fsp3) is 0.625. The van der Waals surface area contributed by atoms with Gasteiger partial charge in [-0.15, -0.1) is 0 Å². The first-order chi connectivity index (χ1) is 38.5. The Bertz CT molecular complexity index is 1710. The average Bonchev–Trinajstić information content (AvgIpc) is 3.44. The quantitative estimate of drug-likeness (QED) is 0.0261. The highest BCUT2D eigenvalue weighted by Gasteiger charge is 2.19. The van der Waals surface area contributed by atoms with Crippen molar-refractivity contribution in [1.29, 1.82) is 0 Å². The second-order valence-corrected chi connectivity index (χ2v) is 20.6. The number of unbranched alkanes of at least 4 members (excludes halogenated alkanes) is 21. The number of carbonyl (C=O) groups excluding carboxylic acids is 3. The lowest BCUT2D eigenvalue weighted by atomic mass is 10.1. The van der Waals surface area contributed by atoms with Crippen LogP contribution in [0.5, 0.6) is 0 Å². The van der Waals surface area contributed by atoms with Crippen molar-refractivity contribution in [1.82, 2.24) is 0 Å². The predicted molar refractivity (Wildman–Crippen MR) is 339 cm³/mol.